The average Bonchev–Trinajstić information content (AvgIpc) is 2.40. The Labute approximate surface area is 115 Å². The molecule has 1 heterocycles. The second-order valence-electron chi connectivity index (χ2n) is 4.71. The molecule has 0 aliphatic carbocycles. The second-order valence-corrected chi connectivity index (χ2v) is 4.71. The van der Waals surface area contributed by atoms with Crippen LogP contribution in [0.25, 0.3) is 0 Å². The van der Waals surface area contributed by atoms with Crippen LogP contribution >= 0.6 is 0 Å². The van der Waals surface area contributed by atoms with Crippen molar-refractivity contribution in [1.29, 1.82) is 0 Å². The number of benzene rings is 1. The Morgan fingerprint density at radius 1 is 1.21 bits per heavy atom. The number of anilines is 2. The summed E-state index contributed by atoms with van der Waals surface area (Å²) in [6, 6.07) is 12.5. The van der Waals surface area contributed by atoms with Crippen molar-refractivity contribution in [2.45, 2.75) is 20.4 Å². The van der Waals surface area contributed by atoms with Crippen LogP contribution in [0.5, 0.6) is 0 Å². The molecule has 0 fully saturated rings. The van der Waals surface area contributed by atoms with Crippen molar-refractivity contribution in [3.63, 3.8) is 0 Å². The lowest BCUT2D eigenvalue weighted by molar-refractivity contribution is 0.881. The maximum Gasteiger partial charge on any atom is 0.0617 e. The van der Waals surface area contributed by atoms with Gasteiger partial charge in [-0.15, -0.1) is 0 Å². The van der Waals surface area contributed by atoms with Gasteiger partial charge in [0.15, 0.2) is 0 Å². The number of pyridine rings is 1. The first-order valence-electron chi connectivity index (χ1n) is 6.66. The van der Waals surface area contributed by atoms with Gasteiger partial charge in [0.1, 0.15) is 0 Å². The first-order chi connectivity index (χ1) is 9.20. The molecule has 19 heavy (non-hydrogen) atoms. The monoisotopic (exact) mass is 255 g/mol. The summed E-state index contributed by atoms with van der Waals surface area (Å²) in [5.41, 5.74) is 4.74. The lowest BCUT2D eigenvalue weighted by Crippen LogP contribution is -2.18. The van der Waals surface area contributed by atoms with Gasteiger partial charge in [0, 0.05) is 31.2 Å². The van der Waals surface area contributed by atoms with Crippen LogP contribution < -0.4 is 10.2 Å². The van der Waals surface area contributed by atoms with E-state index in [1.807, 2.05) is 12.3 Å². The van der Waals surface area contributed by atoms with E-state index in [-0.39, 0.29) is 0 Å². The Bertz CT molecular complexity index is 537. The van der Waals surface area contributed by atoms with E-state index in [9.17, 15) is 0 Å². The third-order valence-electron chi connectivity index (χ3n) is 3.12. The van der Waals surface area contributed by atoms with E-state index in [0.717, 1.165) is 24.5 Å². The van der Waals surface area contributed by atoms with Crippen molar-refractivity contribution >= 4 is 11.4 Å². The maximum atomic E-state index is 4.44. The van der Waals surface area contributed by atoms with Crippen molar-refractivity contribution in [3.05, 3.63) is 53.9 Å². The van der Waals surface area contributed by atoms with Gasteiger partial charge in [-0.25, -0.2) is 0 Å². The Morgan fingerprint density at radius 3 is 2.74 bits per heavy atom. The maximum absolute atomic E-state index is 4.44. The lowest BCUT2D eigenvalue weighted by Gasteiger charge is -2.21. The molecule has 0 saturated carbocycles. The highest BCUT2D eigenvalue weighted by Crippen LogP contribution is 2.20. The van der Waals surface area contributed by atoms with Crippen LogP contribution in [0.3, 0.4) is 0 Å². The van der Waals surface area contributed by atoms with Gasteiger partial charge in [0.25, 0.3) is 0 Å². The Hall–Kier alpha value is -2.03. The lowest BCUT2D eigenvalue weighted by atomic mass is 10.2. The highest BCUT2D eigenvalue weighted by Gasteiger charge is 2.05. The molecule has 1 N–H and O–H groups in total. The normalized spacial score (nSPS) is 10.3. The summed E-state index contributed by atoms with van der Waals surface area (Å²) in [6.45, 7) is 5.97. The summed E-state index contributed by atoms with van der Waals surface area (Å²) in [4.78, 5) is 6.66. The van der Waals surface area contributed by atoms with Crippen LogP contribution in [0.4, 0.5) is 11.4 Å². The van der Waals surface area contributed by atoms with Gasteiger partial charge in [-0.3, -0.25) is 4.98 Å². The molecule has 2 aromatic rings. The molecule has 2 rings (SSSR count). The fourth-order valence-corrected chi connectivity index (χ4v) is 2.20. The molecule has 3 heteroatoms. The van der Waals surface area contributed by atoms with E-state index in [0.29, 0.717) is 0 Å². The van der Waals surface area contributed by atoms with Crippen LogP contribution in [-0.2, 0) is 6.54 Å². The number of rotatable bonds is 5. The Kier molecular flexibility index (Phi) is 4.39. The van der Waals surface area contributed by atoms with Crippen molar-refractivity contribution in [2.75, 3.05) is 23.8 Å². The van der Waals surface area contributed by atoms with Gasteiger partial charge >= 0.3 is 0 Å². The fraction of sp³-hybridized carbons (Fsp3) is 0.312. The molecule has 1 aromatic heterocycles. The average molecular weight is 255 g/mol. The number of aromatic nitrogens is 1. The third kappa shape index (κ3) is 3.47. The van der Waals surface area contributed by atoms with E-state index < -0.39 is 0 Å². The van der Waals surface area contributed by atoms with E-state index in [4.69, 9.17) is 0 Å². The van der Waals surface area contributed by atoms with E-state index >= 15 is 0 Å². The Balaban J connectivity index is 2.12. The summed E-state index contributed by atoms with van der Waals surface area (Å²) in [6.07, 6.45) is 1.86. The van der Waals surface area contributed by atoms with Crippen LogP contribution in [0.15, 0.2) is 42.6 Å². The minimum absolute atomic E-state index is 0.810. The van der Waals surface area contributed by atoms with Gasteiger partial charge in [-0.2, -0.15) is 0 Å². The van der Waals surface area contributed by atoms with Crippen LogP contribution in [-0.4, -0.2) is 18.6 Å². The number of para-hydroxylation sites is 1. The molecule has 3 nitrogen and oxygen atoms in total. The molecule has 0 bridgehead atoms. The molecule has 0 unspecified atom stereocenters. The summed E-state index contributed by atoms with van der Waals surface area (Å²) < 4.78 is 0. The third-order valence-corrected chi connectivity index (χ3v) is 3.12. The van der Waals surface area contributed by atoms with Crippen molar-refractivity contribution < 1.29 is 0 Å². The molecule has 0 aliphatic rings. The zero-order valence-corrected chi connectivity index (χ0v) is 11.9. The van der Waals surface area contributed by atoms with Crippen LogP contribution in [0.1, 0.15) is 18.2 Å². The summed E-state index contributed by atoms with van der Waals surface area (Å²) >= 11 is 0. The molecule has 0 atom stereocenters. The van der Waals surface area contributed by atoms with E-state index in [2.05, 4.69) is 66.4 Å². The SMILES string of the molecule is CCNc1ccnc(CN(C)c2ccccc2C)c1. The standard InChI is InChI=1S/C16H21N3/c1-4-17-14-9-10-18-15(11-14)12-19(3)16-8-6-5-7-13(16)2/h5-11H,4,12H2,1-3H3,(H,17,18). The van der Waals surface area contributed by atoms with E-state index in [1.165, 1.54) is 11.3 Å². The molecular weight excluding hydrogens is 234 g/mol. The summed E-state index contributed by atoms with van der Waals surface area (Å²) in [5.74, 6) is 0. The van der Waals surface area contributed by atoms with Gasteiger partial charge in [0.2, 0.25) is 0 Å². The molecule has 0 saturated heterocycles. The molecule has 0 aliphatic heterocycles. The summed E-state index contributed by atoms with van der Waals surface area (Å²) in [5, 5.41) is 3.31. The topological polar surface area (TPSA) is 28.2 Å². The molecule has 0 radical (unpaired) electrons. The highest BCUT2D eigenvalue weighted by molar-refractivity contribution is 5.53. The minimum Gasteiger partial charge on any atom is -0.385 e. The number of hydrogen-bond donors (Lipinski definition) is 1. The molecule has 0 amide bonds. The first-order valence-corrected chi connectivity index (χ1v) is 6.66. The zero-order chi connectivity index (χ0) is 13.7. The van der Waals surface area contributed by atoms with E-state index in [1.54, 1.807) is 0 Å². The van der Waals surface area contributed by atoms with Crippen LogP contribution in [0, 0.1) is 6.92 Å². The molecule has 1 aromatic carbocycles. The molecule has 100 valence electrons. The summed E-state index contributed by atoms with van der Waals surface area (Å²) in [7, 11) is 2.10. The van der Waals surface area contributed by atoms with Crippen molar-refractivity contribution in [1.82, 2.24) is 4.98 Å². The van der Waals surface area contributed by atoms with Gasteiger partial charge in [0.05, 0.1) is 12.2 Å². The highest BCUT2D eigenvalue weighted by atomic mass is 15.1. The van der Waals surface area contributed by atoms with Gasteiger partial charge in [-0.05, 0) is 37.6 Å². The van der Waals surface area contributed by atoms with Gasteiger partial charge in [-0.1, -0.05) is 18.2 Å². The predicted molar refractivity (Wildman–Crippen MR) is 81.7 cm³/mol. The number of aryl methyl sites for hydroxylation is 1. The smallest absolute Gasteiger partial charge is 0.0617 e. The van der Waals surface area contributed by atoms with Crippen molar-refractivity contribution in [3.8, 4) is 0 Å². The van der Waals surface area contributed by atoms with Crippen LogP contribution in [0.2, 0.25) is 0 Å². The first kappa shape index (κ1) is 13.4. The predicted octanol–water partition coefficient (Wildman–Crippen LogP) is 3.46. The number of nitrogens with one attached hydrogen (secondary N) is 1. The number of nitrogens with zero attached hydrogens (tertiary/aromatic N) is 2. The quantitative estimate of drug-likeness (QED) is 0.887. The largest absolute Gasteiger partial charge is 0.385 e. The second kappa shape index (κ2) is 6.23. The Morgan fingerprint density at radius 2 is 2.00 bits per heavy atom. The molecular formula is C16H21N3. The molecule has 0 spiro atoms. The fourth-order valence-electron chi connectivity index (χ4n) is 2.20. The minimum atomic E-state index is 0.810. The van der Waals surface area contributed by atoms with Gasteiger partial charge < -0.3 is 10.2 Å². The zero-order valence-electron chi connectivity index (χ0n) is 11.9. The van der Waals surface area contributed by atoms with Crippen molar-refractivity contribution in [2.24, 2.45) is 0 Å². The number of hydrogen-bond acceptors (Lipinski definition) is 3.